The predicted molar refractivity (Wildman–Crippen MR) is 125 cm³/mol. The van der Waals surface area contributed by atoms with Crippen molar-refractivity contribution in [3.05, 3.63) is 53.7 Å². The third-order valence-electron chi connectivity index (χ3n) is 5.14. The van der Waals surface area contributed by atoms with Crippen molar-refractivity contribution in [3.8, 4) is 0 Å². The van der Waals surface area contributed by atoms with Crippen molar-refractivity contribution in [2.45, 2.75) is 51.3 Å². The highest BCUT2D eigenvalue weighted by Crippen LogP contribution is 2.33. The van der Waals surface area contributed by atoms with Crippen LogP contribution in [-0.2, 0) is 32.6 Å². The lowest BCUT2D eigenvalue weighted by Crippen LogP contribution is -2.34. The van der Waals surface area contributed by atoms with E-state index in [-0.39, 0.29) is 30.4 Å². The number of hydrogen-bond acceptors (Lipinski definition) is 7. The molecule has 1 aromatic heterocycles. The van der Waals surface area contributed by atoms with Crippen molar-refractivity contribution < 1.29 is 27.5 Å². The highest BCUT2D eigenvalue weighted by Gasteiger charge is 2.36. The second kappa shape index (κ2) is 8.64. The van der Waals surface area contributed by atoms with E-state index < -0.39 is 27.8 Å². The molecule has 34 heavy (non-hydrogen) atoms. The molecule has 3 aromatic rings. The van der Waals surface area contributed by atoms with Crippen molar-refractivity contribution in [2.24, 2.45) is 0 Å². The van der Waals surface area contributed by atoms with Crippen LogP contribution < -0.4 is 4.72 Å². The summed E-state index contributed by atoms with van der Waals surface area (Å²) in [6, 6.07) is 12.1. The van der Waals surface area contributed by atoms with Crippen LogP contribution in [0.5, 0.6) is 0 Å². The van der Waals surface area contributed by atoms with E-state index in [0.29, 0.717) is 16.6 Å². The molecule has 11 heteroatoms. The highest BCUT2D eigenvalue weighted by molar-refractivity contribution is 7.93. The zero-order valence-electron chi connectivity index (χ0n) is 19.4. The lowest BCUT2D eigenvalue weighted by atomic mass is 10.1. The van der Waals surface area contributed by atoms with Gasteiger partial charge in [-0.05, 0) is 39.1 Å². The normalized spacial score (nSPS) is 13.6. The second-order valence-electron chi connectivity index (χ2n) is 8.80. The third kappa shape index (κ3) is 4.56. The number of amides is 1. The Balaban J connectivity index is 1.71. The molecule has 0 atom stereocenters. The molecule has 0 radical (unpaired) electrons. The summed E-state index contributed by atoms with van der Waals surface area (Å²) in [7, 11) is -4.07. The number of sulfonamides is 1. The summed E-state index contributed by atoms with van der Waals surface area (Å²) < 4.78 is 40.7. The number of aromatic nitrogens is 2. The smallest absolute Gasteiger partial charge is 0.435 e. The quantitative estimate of drug-likeness (QED) is 0.590. The number of fused-ring (bicyclic) bond motifs is 2. The van der Waals surface area contributed by atoms with Gasteiger partial charge in [-0.25, -0.2) is 18.0 Å². The lowest BCUT2D eigenvalue weighted by molar-refractivity contribution is 0.0238. The monoisotopic (exact) mass is 486 g/mol. The Morgan fingerprint density at radius 3 is 2.47 bits per heavy atom. The Labute approximate surface area is 197 Å². The van der Waals surface area contributed by atoms with Crippen molar-refractivity contribution in [2.75, 3.05) is 11.3 Å². The Hall–Kier alpha value is -3.60. The number of nitrogens with one attached hydrogen (secondary N) is 1. The fourth-order valence-corrected chi connectivity index (χ4v) is 4.99. The van der Waals surface area contributed by atoms with E-state index in [1.165, 1.54) is 11.0 Å². The van der Waals surface area contributed by atoms with Gasteiger partial charge < -0.3 is 9.47 Å². The van der Waals surface area contributed by atoms with Crippen LogP contribution in [0.2, 0.25) is 0 Å². The zero-order valence-corrected chi connectivity index (χ0v) is 20.2. The maximum Gasteiger partial charge on any atom is 0.435 e. The number of ether oxygens (including phenoxy) is 2. The van der Waals surface area contributed by atoms with E-state index in [1.807, 2.05) is 18.2 Å². The third-order valence-corrected chi connectivity index (χ3v) is 6.54. The van der Waals surface area contributed by atoms with E-state index in [1.54, 1.807) is 45.9 Å². The molecule has 1 N–H and O–H groups in total. The molecule has 0 unspecified atom stereocenters. The molecule has 0 saturated heterocycles. The van der Waals surface area contributed by atoms with Crippen LogP contribution in [0, 0.1) is 0 Å². The van der Waals surface area contributed by atoms with E-state index in [2.05, 4.69) is 9.82 Å². The maximum absolute atomic E-state index is 13.3. The first-order valence-electron chi connectivity index (χ1n) is 10.8. The summed E-state index contributed by atoms with van der Waals surface area (Å²) in [6.45, 7) is 7.05. The molecule has 10 nitrogen and oxygen atoms in total. The minimum absolute atomic E-state index is 0.0199. The van der Waals surface area contributed by atoms with Gasteiger partial charge in [0.1, 0.15) is 5.60 Å². The van der Waals surface area contributed by atoms with Crippen LogP contribution in [-0.4, -0.2) is 47.5 Å². The Morgan fingerprint density at radius 2 is 1.76 bits per heavy atom. The molecule has 0 fully saturated rings. The van der Waals surface area contributed by atoms with Crippen molar-refractivity contribution in [1.29, 1.82) is 0 Å². The summed E-state index contributed by atoms with van der Waals surface area (Å²) in [5, 5.41) is 5.50. The standard InChI is InChI=1S/C23H26N4O6S/c1-5-32-22(29)27-18-14-26(21(28)33-23(2,3)4)13-17(18)20(24-27)25-34(30,31)19-12-8-10-15-9-6-7-11-16(15)19/h6-12H,5,13-14H2,1-4H3,(H,24,25). The molecule has 180 valence electrons. The summed E-state index contributed by atoms with van der Waals surface area (Å²) >= 11 is 0. The molecular weight excluding hydrogens is 460 g/mol. The van der Waals surface area contributed by atoms with Gasteiger partial charge >= 0.3 is 12.2 Å². The molecule has 1 aliphatic rings. The van der Waals surface area contributed by atoms with E-state index in [4.69, 9.17) is 9.47 Å². The Kier molecular flexibility index (Phi) is 5.98. The lowest BCUT2D eigenvalue weighted by Gasteiger charge is -2.24. The summed E-state index contributed by atoms with van der Waals surface area (Å²) in [5.41, 5.74) is 0.0558. The van der Waals surface area contributed by atoms with Gasteiger partial charge in [0, 0.05) is 10.9 Å². The fourth-order valence-electron chi connectivity index (χ4n) is 3.73. The van der Waals surface area contributed by atoms with Gasteiger partial charge in [0.15, 0.2) is 5.82 Å². The minimum Gasteiger partial charge on any atom is -0.448 e. The molecule has 0 aliphatic carbocycles. The van der Waals surface area contributed by atoms with Crippen LogP contribution in [0.1, 0.15) is 39.0 Å². The minimum atomic E-state index is -4.07. The summed E-state index contributed by atoms with van der Waals surface area (Å²) in [5.74, 6) is -0.0398. The van der Waals surface area contributed by atoms with Crippen molar-refractivity contribution in [3.63, 3.8) is 0 Å². The number of hydrogen-bond donors (Lipinski definition) is 1. The summed E-state index contributed by atoms with van der Waals surface area (Å²) in [4.78, 5) is 26.6. The fraction of sp³-hybridized carbons (Fsp3) is 0.348. The molecular formula is C23H26N4O6S. The van der Waals surface area contributed by atoms with E-state index in [0.717, 1.165) is 10.1 Å². The number of carbonyl (C=O) groups excluding carboxylic acids is 2. The molecule has 0 bridgehead atoms. The molecule has 2 heterocycles. The van der Waals surface area contributed by atoms with Crippen LogP contribution >= 0.6 is 0 Å². The van der Waals surface area contributed by atoms with Gasteiger partial charge in [-0.1, -0.05) is 36.4 Å². The van der Waals surface area contributed by atoms with Crippen molar-refractivity contribution >= 4 is 38.8 Å². The average Bonchev–Trinajstić information content (AvgIpc) is 3.33. The van der Waals surface area contributed by atoms with Crippen LogP contribution in [0.15, 0.2) is 47.4 Å². The van der Waals surface area contributed by atoms with Gasteiger partial charge in [0.25, 0.3) is 10.0 Å². The molecule has 1 amide bonds. The van der Waals surface area contributed by atoms with Crippen LogP contribution in [0.25, 0.3) is 10.8 Å². The van der Waals surface area contributed by atoms with Crippen LogP contribution in [0.3, 0.4) is 0 Å². The van der Waals surface area contributed by atoms with Crippen LogP contribution in [0.4, 0.5) is 15.4 Å². The zero-order chi connectivity index (χ0) is 24.7. The molecule has 0 saturated carbocycles. The predicted octanol–water partition coefficient (Wildman–Crippen LogP) is 4.09. The highest BCUT2D eigenvalue weighted by atomic mass is 32.2. The molecule has 4 rings (SSSR count). The molecule has 0 spiro atoms. The number of benzene rings is 2. The first-order valence-corrected chi connectivity index (χ1v) is 12.2. The van der Waals surface area contributed by atoms with E-state index >= 15 is 0 Å². The first kappa shape index (κ1) is 23.6. The van der Waals surface area contributed by atoms with Gasteiger partial charge in [-0.15, -0.1) is 5.10 Å². The largest absolute Gasteiger partial charge is 0.448 e. The van der Waals surface area contributed by atoms with Gasteiger partial charge in [-0.2, -0.15) is 4.68 Å². The second-order valence-corrected chi connectivity index (χ2v) is 10.5. The first-order chi connectivity index (χ1) is 16.0. The maximum atomic E-state index is 13.3. The molecule has 1 aliphatic heterocycles. The van der Waals surface area contributed by atoms with Gasteiger partial charge in [-0.3, -0.25) is 9.62 Å². The summed E-state index contributed by atoms with van der Waals surface area (Å²) in [6.07, 6.45) is -1.35. The van der Waals surface area contributed by atoms with Gasteiger partial charge in [0.05, 0.1) is 30.3 Å². The number of nitrogens with zero attached hydrogens (tertiary/aromatic N) is 3. The Morgan fingerprint density at radius 1 is 1.06 bits per heavy atom. The number of rotatable bonds is 4. The van der Waals surface area contributed by atoms with Gasteiger partial charge in [0.2, 0.25) is 0 Å². The SMILES string of the molecule is CCOC(=O)n1nc(NS(=O)(=O)c2cccc3ccccc23)c2c1CN(C(=O)OC(C)(C)C)C2. The number of carbonyl (C=O) groups is 2. The average molecular weight is 487 g/mol. The van der Waals surface area contributed by atoms with E-state index in [9.17, 15) is 18.0 Å². The number of anilines is 1. The van der Waals surface area contributed by atoms with Crippen molar-refractivity contribution in [1.82, 2.24) is 14.7 Å². The topological polar surface area (TPSA) is 120 Å². The molecule has 2 aromatic carbocycles. The Bertz CT molecular complexity index is 1370.